The fraction of sp³-hybridized carbons (Fsp3) is 0.567. The summed E-state index contributed by atoms with van der Waals surface area (Å²) in [6.07, 6.45) is 7.12. The lowest BCUT2D eigenvalue weighted by Gasteiger charge is -2.29. The van der Waals surface area contributed by atoms with E-state index in [1.165, 1.54) is 51.9 Å². The minimum Gasteiger partial charge on any atom is -0.507 e. The van der Waals surface area contributed by atoms with Crippen molar-refractivity contribution < 1.29 is 33.6 Å². The number of aromatic hydroxyl groups is 1. The van der Waals surface area contributed by atoms with E-state index in [0.717, 1.165) is 24.3 Å². The number of ether oxygens (including phenoxy) is 5. The highest BCUT2D eigenvalue weighted by Crippen LogP contribution is 2.44. The summed E-state index contributed by atoms with van der Waals surface area (Å²) >= 11 is 0. The molecule has 0 amide bonds. The zero-order valence-corrected chi connectivity index (χ0v) is 23.6. The minimum atomic E-state index is -0.447. The predicted octanol–water partition coefficient (Wildman–Crippen LogP) is 5.90. The Labute approximate surface area is 226 Å². The summed E-state index contributed by atoms with van der Waals surface area (Å²) in [7, 11) is 8.42. The molecular formula is C30H43NO7. The maximum absolute atomic E-state index is 11.9. The van der Waals surface area contributed by atoms with Gasteiger partial charge in [-0.2, -0.15) is 0 Å². The Bertz CT molecular complexity index is 1020. The van der Waals surface area contributed by atoms with Crippen LogP contribution in [0, 0.1) is 11.8 Å². The fourth-order valence-corrected chi connectivity index (χ4v) is 5.24. The molecule has 0 bridgehead atoms. The van der Waals surface area contributed by atoms with Crippen molar-refractivity contribution in [3.63, 3.8) is 0 Å². The molecule has 1 saturated heterocycles. The van der Waals surface area contributed by atoms with Crippen LogP contribution in [0.5, 0.6) is 34.5 Å². The van der Waals surface area contributed by atoms with Crippen LogP contribution in [-0.4, -0.2) is 64.9 Å². The van der Waals surface area contributed by atoms with Crippen molar-refractivity contribution in [1.29, 1.82) is 0 Å². The van der Waals surface area contributed by atoms with Gasteiger partial charge >= 0.3 is 0 Å². The van der Waals surface area contributed by atoms with Crippen LogP contribution in [0.2, 0.25) is 0 Å². The molecule has 1 N–H and O–H groups in total. The van der Waals surface area contributed by atoms with Crippen molar-refractivity contribution in [3.05, 3.63) is 35.4 Å². The van der Waals surface area contributed by atoms with Crippen molar-refractivity contribution in [2.24, 2.45) is 11.8 Å². The average molecular weight is 530 g/mol. The number of methoxy groups -OCH3 is 4. The topological polar surface area (TPSA) is 86.7 Å². The number of carbonyl (C=O) groups is 1. The van der Waals surface area contributed by atoms with Gasteiger partial charge in [0.05, 0.1) is 34.0 Å². The highest BCUT2D eigenvalue weighted by atomic mass is 16.5. The number of rotatable bonds is 14. The number of hydrogen-bond donors (Lipinski definition) is 1. The number of unbranched alkanes of at least 4 members (excludes halogenated alkanes) is 1. The van der Waals surface area contributed by atoms with Gasteiger partial charge in [-0.3, -0.25) is 4.79 Å². The molecule has 0 aliphatic carbocycles. The standard InChI is InChI=1S/C30H43NO7/c1-20(9-7-8-10-21-11-13-31(2)14-12-21)29(22-15-27(35-4)30(37-6)28(16-22)36-5)38-26-18-23(34-3)17-25(33)24(26)19-32/h15-21,29,33H,7-14H2,1-6H3. The van der Waals surface area contributed by atoms with Crippen LogP contribution in [0.15, 0.2) is 24.3 Å². The van der Waals surface area contributed by atoms with Gasteiger partial charge in [-0.1, -0.05) is 26.2 Å². The fourth-order valence-electron chi connectivity index (χ4n) is 5.24. The third-order valence-corrected chi connectivity index (χ3v) is 7.59. The zero-order valence-electron chi connectivity index (χ0n) is 23.6. The molecule has 1 aliphatic heterocycles. The second-order valence-electron chi connectivity index (χ2n) is 10.2. The largest absolute Gasteiger partial charge is 0.507 e. The molecule has 2 unspecified atom stereocenters. The van der Waals surface area contributed by atoms with Crippen molar-refractivity contribution in [3.8, 4) is 34.5 Å². The second-order valence-corrected chi connectivity index (χ2v) is 10.2. The SMILES string of the molecule is COc1cc(O)c(C=O)c(OC(c2cc(OC)c(OC)c(OC)c2)C(C)CCCCC2CCN(C)CC2)c1. The van der Waals surface area contributed by atoms with Crippen LogP contribution in [0.25, 0.3) is 0 Å². The van der Waals surface area contributed by atoms with Crippen LogP contribution in [0.4, 0.5) is 0 Å². The number of carbonyl (C=O) groups excluding carboxylic acids is 1. The zero-order chi connectivity index (χ0) is 27.7. The smallest absolute Gasteiger partial charge is 0.203 e. The van der Waals surface area contributed by atoms with Crippen LogP contribution < -0.4 is 23.7 Å². The summed E-state index contributed by atoms with van der Waals surface area (Å²) < 4.78 is 28.5. The number of nitrogens with zero attached hydrogens (tertiary/aromatic N) is 1. The van der Waals surface area contributed by atoms with E-state index in [2.05, 4.69) is 18.9 Å². The predicted molar refractivity (Wildman–Crippen MR) is 147 cm³/mol. The van der Waals surface area contributed by atoms with Crippen molar-refractivity contribution in [1.82, 2.24) is 4.90 Å². The molecule has 0 aromatic heterocycles. The van der Waals surface area contributed by atoms with E-state index in [0.29, 0.717) is 29.3 Å². The van der Waals surface area contributed by atoms with E-state index in [-0.39, 0.29) is 23.0 Å². The Kier molecular flexibility index (Phi) is 11.0. The molecule has 0 radical (unpaired) electrons. The maximum atomic E-state index is 11.9. The van der Waals surface area contributed by atoms with Gasteiger partial charge in [-0.25, -0.2) is 0 Å². The Morgan fingerprint density at radius 2 is 1.61 bits per heavy atom. The van der Waals surface area contributed by atoms with Gasteiger partial charge in [-0.05, 0) is 63.4 Å². The number of aldehydes is 1. The first-order valence-corrected chi connectivity index (χ1v) is 13.4. The number of piperidine rings is 1. The first-order valence-electron chi connectivity index (χ1n) is 13.4. The van der Waals surface area contributed by atoms with Crippen molar-refractivity contribution in [2.75, 3.05) is 48.6 Å². The molecule has 2 aromatic carbocycles. The molecule has 8 heteroatoms. The molecule has 1 aliphatic rings. The summed E-state index contributed by atoms with van der Waals surface area (Å²) in [5.74, 6) is 2.90. The molecule has 38 heavy (non-hydrogen) atoms. The first kappa shape index (κ1) is 29.4. The van der Waals surface area contributed by atoms with Crippen molar-refractivity contribution in [2.45, 2.75) is 51.6 Å². The molecule has 0 spiro atoms. The third kappa shape index (κ3) is 7.25. The summed E-state index contributed by atoms with van der Waals surface area (Å²) in [5, 5.41) is 10.4. The van der Waals surface area contributed by atoms with E-state index in [1.54, 1.807) is 27.4 Å². The van der Waals surface area contributed by atoms with Crippen LogP contribution in [0.1, 0.15) is 67.5 Å². The number of hydrogen-bond acceptors (Lipinski definition) is 8. The van der Waals surface area contributed by atoms with Crippen LogP contribution in [0.3, 0.4) is 0 Å². The van der Waals surface area contributed by atoms with E-state index in [1.807, 2.05) is 12.1 Å². The Balaban J connectivity index is 1.87. The monoisotopic (exact) mass is 529 g/mol. The van der Waals surface area contributed by atoms with Gasteiger partial charge in [0.2, 0.25) is 5.75 Å². The van der Waals surface area contributed by atoms with Gasteiger partial charge < -0.3 is 33.7 Å². The normalized spacial score (nSPS) is 15.9. The lowest BCUT2D eigenvalue weighted by molar-refractivity contribution is 0.109. The van der Waals surface area contributed by atoms with E-state index in [9.17, 15) is 9.90 Å². The summed E-state index contributed by atoms with van der Waals surface area (Å²) in [6.45, 7) is 4.51. The summed E-state index contributed by atoms with van der Waals surface area (Å²) in [6, 6.07) is 6.78. The molecule has 3 rings (SSSR count). The van der Waals surface area contributed by atoms with Crippen LogP contribution >= 0.6 is 0 Å². The molecule has 2 aromatic rings. The van der Waals surface area contributed by atoms with Gasteiger partial charge in [0.25, 0.3) is 0 Å². The average Bonchev–Trinajstić information content (AvgIpc) is 2.93. The van der Waals surface area contributed by atoms with E-state index < -0.39 is 6.10 Å². The molecule has 8 nitrogen and oxygen atoms in total. The third-order valence-electron chi connectivity index (χ3n) is 7.59. The Morgan fingerprint density at radius 1 is 0.947 bits per heavy atom. The van der Waals surface area contributed by atoms with Crippen molar-refractivity contribution >= 4 is 6.29 Å². The highest BCUT2D eigenvalue weighted by Gasteiger charge is 2.27. The van der Waals surface area contributed by atoms with Gasteiger partial charge in [0, 0.05) is 17.7 Å². The molecule has 1 fully saturated rings. The quantitative estimate of drug-likeness (QED) is 0.239. The van der Waals surface area contributed by atoms with Gasteiger partial charge in [0.15, 0.2) is 17.8 Å². The van der Waals surface area contributed by atoms with Gasteiger partial charge in [-0.15, -0.1) is 0 Å². The maximum Gasteiger partial charge on any atom is 0.203 e. The lowest BCUT2D eigenvalue weighted by atomic mass is 9.88. The number of phenolic OH excluding ortho intramolecular Hbond substituents is 1. The molecule has 210 valence electrons. The second kappa shape index (κ2) is 14.1. The van der Waals surface area contributed by atoms with E-state index >= 15 is 0 Å². The molecule has 1 heterocycles. The minimum absolute atomic E-state index is 0.0812. The van der Waals surface area contributed by atoms with Crippen LogP contribution in [-0.2, 0) is 0 Å². The number of benzene rings is 2. The highest BCUT2D eigenvalue weighted by molar-refractivity contribution is 5.84. The van der Waals surface area contributed by atoms with Gasteiger partial charge in [0.1, 0.15) is 23.4 Å². The Hall–Kier alpha value is -3.13. The molecular weight excluding hydrogens is 486 g/mol. The molecule has 2 atom stereocenters. The van der Waals surface area contributed by atoms with E-state index in [4.69, 9.17) is 23.7 Å². The summed E-state index contributed by atoms with van der Waals surface area (Å²) in [4.78, 5) is 14.3. The number of likely N-dealkylation sites (tertiary alicyclic amines) is 1. The lowest BCUT2D eigenvalue weighted by Crippen LogP contribution is -2.30. The number of phenols is 1. The first-order chi connectivity index (χ1) is 18.3. The molecule has 0 saturated carbocycles. The Morgan fingerprint density at radius 3 is 2.16 bits per heavy atom. The summed E-state index contributed by atoms with van der Waals surface area (Å²) in [5.41, 5.74) is 0.902.